The number of nitrogens with one attached hydrogen (secondary N) is 1. The molecule has 1 aromatic heterocycles. The molecular weight excluding hydrogens is 252 g/mol. The van der Waals surface area contributed by atoms with Crippen molar-refractivity contribution in [3.8, 4) is 5.75 Å². The lowest BCUT2D eigenvalue weighted by atomic mass is 10.1. The topological polar surface area (TPSA) is 52.0 Å². The van der Waals surface area contributed by atoms with Gasteiger partial charge >= 0.3 is 0 Å². The molecule has 5 nitrogen and oxygen atoms in total. The number of benzene rings is 1. The molecule has 0 aliphatic heterocycles. The third-order valence-electron chi connectivity index (χ3n) is 3.01. The first-order valence-electron chi connectivity index (χ1n) is 6.86. The molecule has 0 bridgehead atoms. The molecule has 1 aromatic carbocycles. The van der Waals surface area contributed by atoms with Gasteiger partial charge in [-0.05, 0) is 12.5 Å². The van der Waals surface area contributed by atoms with Gasteiger partial charge in [-0.3, -0.25) is 4.68 Å². The quantitative estimate of drug-likeness (QED) is 0.877. The van der Waals surface area contributed by atoms with Gasteiger partial charge in [-0.25, -0.2) is 0 Å². The van der Waals surface area contributed by atoms with E-state index in [0.717, 1.165) is 23.6 Å². The van der Waals surface area contributed by atoms with Crippen LogP contribution in [0.2, 0.25) is 0 Å². The molecule has 0 saturated heterocycles. The summed E-state index contributed by atoms with van der Waals surface area (Å²) < 4.78 is 7.62. The number of nitrogens with zero attached hydrogens (tertiary/aromatic N) is 3. The van der Waals surface area contributed by atoms with Crippen LogP contribution in [0, 0.1) is 6.92 Å². The fourth-order valence-corrected chi connectivity index (χ4v) is 1.98. The highest BCUT2D eigenvalue weighted by Crippen LogP contribution is 2.24. The van der Waals surface area contributed by atoms with Gasteiger partial charge in [-0.15, -0.1) is 5.10 Å². The smallest absolute Gasteiger partial charge is 0.134 e. The molecule has 1 heterocycles. The Kier molecular flexibility index (Phi) is 4.74. The Labute approximate surface area is 120 Å². The van der Waals surface area contributed by atoms with Crippen molar-refractivity contribution in [2.45, 2.75) is 40.0 Å². The Bertz CT molecular complexity index is 563. The van der Waals surface area contributed by atoms with Crippen LogP contribution in [0.4, 0.5) is 0 Å². The van der Waals surface area contributed by atoms with E-state index in [4.69, 9.17) is 4.74 Å². The molecule has 1 N–H and O–H groups in total. The van der Waals surface area contributed by atoms with Gasteiger partial charge in [0, 0.05) is 25.2 Å². The average Bonchev–Trinajstić information content (AvgIpc) is 2.81. The molecule has 2 aromatic rings. The van der Waals surface area contributed by atoms with Crippen molar-refractivity contribution < 1.29 is 4.74 Å². The van der Waals surface area contributed by atoms with Gasteiger partial charge < -0.3 is 10.1 Å². The maximum atomic E-state index is 5.94. The summed E-state index contributed by atoms with van der Waals surface area (Å²) in [5, 5.41) is 11.4. The van der Waals surface area contributed by atoms with Gasteiger partial charge in [0.25, 0.3) is 0 Å². The average molecular weight is 274 g/mol. The number of rotatable bonds is 6. The van der Waals surface area contributed by atoms with Crippen LogP contribution in [0.1, 0.15) is 30.7 Å². The first kappa shape index (κ1) is 14.5. The highest BCUT2D eigenvalue weighted by Gasteiger charge is 2.09. The molecule has 0 saturated carbocycles. The van der Waals surface area contributed by atoms with Crippen LogP contribution in [0.5, 0.6) is 5.75 Å². The van der Waals surface area contributed by atoms with Gasteiger partial charge in [0.15, 0.2) is 0 Å². The Morgan fingerprint density at radius 3 is 2.80 bits per heavy atom. The van der Waals surface area contributed by atoms with Gasteiger partial charge in [0.1, 0.15) is 18.1 Å². The van der Waals surface area contributed by atoms with E-state index in [1.807, 2.05) is 13.2 Å². The third kappa shape index (κ3) is 3.81. The van der Waals surface area contributed by atoms with E-state index in [2.05, 4.69) is 54.6 Å². The monoisotopic (exact) mass is 274 g/mol. The zero-order valence-corrected chi connectivity index (χ0v) is 12.6. The zero-order chi connectivity index (χ0) is 14.5. The molecule has 2 rings (SSSR count). The van der Waals surface area contributed by atoms with Crippen LogP contribution >= 0.6 is 0 Å². The fraction of sp³-hybridized carbons (Fsp3) is 0.467. The van der Waals surface area contributed by atoms with Gasteiger partial charge in [-0.2, -0.15) is 0 Å². The zero-order valence-electron chi connectivity index (χ0n) is 12.6. The maximum absolute atomic E-state index is 5.94. The van der Waals surface area contributed by atoms with Crippen LogP contribution in [0.15, 0.2) is 24.4 Å². The van der Waals surface area contributed by atoms with Crippen molar-refractivity contribution in [1.29, 1.82) is 0 Å². The molecule has 0 amide bonds. The van der Waals surface area contributed by atoms with Crippen LogP contribution in [-0.2, 0) is 20.2 Å². The molecule has 108 valence electrons. The SMILES string of the molecule is Cc1cccc(CNC(C)C)c1OCc1cn(C)nn1. The van der Waals surface area contributed by atoms with E-state index in [0.29, 0.717) is 12.6 Å². The largest absolute Gasteiger partial charge is 0.487 e. The van der Waals surface area contributed by atoms with E-state index in [-0.39, 0.29) is 0 Å². The molecule has 0 atom stereocenters. The number of ether oxygens (including phenoxy) is 1. The fourth-order valence-electron chi connectivity index (χ4n) is 1.98. The number of aryl methyl sites for hydroxylation is 2. The molecule has 0 aliphatic carbocycles. The number of aromatic nitrogens is 3. The van der Waals surface area contributed by atoms with Crippen LogP contribution in [0.25, 0.3) is 0 Å². The van der Waals surface area contributed by atoms with Gasteiger partial charge in [0.2, 0.25) is 0 Å². The van der Waals surface area contributed by atoms with E-state index < -0.39 is 0 Å². The van der Waals surface area contributed by atoms with E-state index in [9.17, 15) is 0 Å². The molecule has 0 radical (unpaired) electrons. The molecule has 20 heavy (non-hydrogen) atoms. The first-order valence-corrected chi connectivity index (χ1v) is 6.86. The second-order valence-corrected chi connectivity index (χ2v) is 5.27. The molecule has 5 heteroatoms. The third-order valence-corrected chi connectivity index (χ3v) is 3.01. The molecule has 0 fully saturated rings. The minimum absolute atomic E-state index is 0.438. The van der Waals surface area contributed by atoms with Crippen LogP contribution in [-0.4, -0.2) is 21.0 Å². The Morgan fingerprint density at radius 1 is 1.35 bits per heavy atom. The second-order valence-electron chi connectivity index (χ2n) is 5.27. The second kappa shape index (κ2) is 6.52. The minimum atomic E-state index is 0.438. The summed E-state index contributed by atoms with van der Waals surface area (Å²) >= 11 is 0. The summed E-state index contributed by atoms with van der Waals surface area (Å²) in [4.78, 5) is 0. The first-order chi connectivity index (χ1) is 9.56. The summed E-state index contributed by atoms with van der Waals surface area (Å²) in [5.41, 5.74) is 3.14. The minimum Gasteiger partial charge on any atom is -0.487 e. The Balaban J connectivity index is 2.08. The molecule has 0 unspecified atom stereocenters. The van der Waals surface area contributed by atoms with Crippen molar-refractivity contribution in [1.82, 2.24) is 20.3 Å². The number of hydrogen-bond donors (Lipinski definition) is 1. The summed E-state index contributed by atoms with van der Waals surface area (Å²) in [6.07, 6.45) is 1.87. The normalized spacial score (nSPS) is 11.1. The lowest BCUT2D eigenvalue weighted by Crippen LogP contribution is -2.22. The Hall–Kier alpha value is -1.88. The van der Waals surface area contributed by atoms with Crippen molar-refractivity contribution >= 4 is 0 Å². The summed E-state index contributed by atoms with van der Waals surface area (Å²) in [7, 11) is 1.85. The molecule has 0 aliphatic rings. The van der Waals surface area contributed by atoms with E-state index in [1.54, 1.807) is 4.68 Å². The summed E-state index contributed by atoms with van der Waals surface area (Å²) in [6.45, 7) is 7.57. The van der Waals surface area contributed by atoms with E-state index >= 15 is 0 Å². The lowest BCUT2D eigenvalue weighted by Gasteiger charge is -2.15. The van der Waals surface area contributed by atoms with Crippen molar-refractivity contribution in [3.05, 3.63) is 41.2 Å². The molecule has 0 spiro atoms. The Morgan fingerprint density at radius 2 is 2.15 bits per heavy atom. The number of para-hydroxylation sites is 1. The van der Waals surface area contributed by atoms with Crippen molar-refractivity contribution in [2.24, 2.45) is 7.05 Å². The predicted octanol–water partition coefficient (Wildman–Crippen LogP) is 2.20. The molecular formula is C15H22N4O. The summed E-state index contributed by atoms with van der Waals surface area (Å²) in [6, 6.07) is 6.66. The van der Waals surface area contributed by atoms with Gasteiger partial charge in [0.05, 0.1) is 6.20 Å². The highest BCUT2D eigenvalue weighted by atomic mass is 16.5. The maximum Gasteiger partial charge on any atom is 0.134 e. The van der Waals surface area contributed by atoms with Gasteiger partial charge in [-0.1, -0.05) is 37.3 Å². The number of hydrogen-bond acceptors (Lipinski definition) is 4. The van der Waals surface area contributed by atoms with Crippen LogP contribution in [0.3, 0.4) is 0 Å². The van der Waals surface area contributed by atoms with E-state index in [1.165, 1.54) is 5.56 Å². The standard InChI is InChI=1S/C15H22N4O/c1-11(2)16-8-13-7-5-6-12(3)15(13)20-10-14-9-19(4)18-17-14/h5-7,9,11,16H,8,10H2,1-4H3. The lowest BCUT2D eigenvalue weighted by molar-refractivity contribution is 0.294. The van der Waals surface area contributed by atoms with Crippen LogP contribution < -0.4 is 10.1 Å². The summed E-state index contributed by atoms with van der Waals surface area (Å²) in [5.74, 6) is 0.936. The van der Waals surface area contributed by atoms with Crippen molar-refractivity contribution in [3.63, 3.8) is 0 Å². The highest BCUT2D eigenvalue weighted by molar-refractivity contribution is 5.40. The van der Waals surface area contributed by atoms with Crippen molar-refractivity contribution in [2.75, 3.05) is 0 Å². The predicted molar refractivity (Wildman–Crippen MR) is 78.5 cm³/mol.